The van der Waals surface area contributed by atoms with Gasteiger partial charge in [-0.1, -0.05) is 0 Å². The predicted molar refractivity (Wildman–Crippen MR) is 54.6 cm³/mol. The van der Waals surface area contributed by atoms with Crippen molar-refractivity contribution >= 4 is 17.3 Å². The van der Waals surface area contributed by atoms with Gasteiger partial charge in [-0.2, -0.15) is 0 Å². The molecule has 5 nitrogen and oxygen atoms in total. The van der Waals surface area contributed by atoms with Crippen LogP contribution in [-0.4, -0.2) is 40.8 Å². The molecule has 0 aromatic rings. The quantitative estimate of drug-likeness (QED) is 0.630. The lowest BCUT2D eigenvalue weighted by molar-refractivity contribution is -0.144. The van der Waals surface area contributed by atoms with Gasteiger partial charge in [-0.05, 0) is 0 Å². The maximum atomic E-state index is 11.4. The molecular formula is C11H16O5. The molecule has 16 heavy (non-hydrogen) atoms. The normalized spacial score (nSPS) is 28.5. The van der Waals surface area contributed by atoms with Gasteiger partial charge in [0.1, 0.15) is 17.3 Å². The summed E-state index contributed by atoms with van der Waals surface area (Å²) in [6.45, 7) is -0.250. The van der Waals surface area contributed by atoms with Crippen LogP contribution in [0.2, 0.25) is 0 Å². The van der Waals surface area contributed by atoms with Gasteiger partial charge in [0.05, 0.1) is 13.2 Å². The molecule has 2 bridgehead atoms. The monoisotopic (exact) mass is 228 g/mol. The summed E-state index contributed by atoms with van der Waals surface area (Å²) in [5.41, 5.74) is 0. The summed E-state index contributed by atoms with van der Waals surface area (Å²) in [7, 11) is 0. The van der Waals surface area contributed by atoms with Crippen LogP contribution in [-0.2, 0) is 14.4 Å². The Morgan fingerprint density at radius 3 is 1.38 bits per heavy atom. The van der Waals surface area contributed by atoms with Crippen LogP contribution < -0.4 is 0 Å². The zero-order valence-electron chi connectivity index (χ0n) is 9.02. The molecule has 0 saturated heterocycles. The molecule has 5 heteroatoms. The van der Waals surface area contributed by atoms with Crippen LogP contribution in [0.5, 0.6) is 0 Å². The van der Waals surface area contributed by atoms with E-state index in [4.69, 9.17) is 10.2 Å². The van der Waals surface area contributed by atoms with E-state index in [9.17, 15) is 14.4 Å². The van der Waals surface area contributed by atoms with Gasteiger partial charge in [0.25, 0.3) is 0 Å². The van der Waals surface area contributed by atoms with Crippen LogP contribution in [0.1, 0.15) is 25.7 Å². The van der Waals surface area contributed by atoms with Crippen molar-refractivity contribution in [3.63, 3.8) is 0 Å². The van der Waals surface area contributed by atoms with Crippen LogP contribution in [0.4, 0.5) is 0 Å². The zero-order chi connectivity index (χ0) is 12.1. The summed E-state index contributed by atoms with van der Waals surface area (Å²) >= 11 is 0. The van der Waals surface area contributed by atoms with E-state index in [1.165, 1.54) is 0 Å². The number of carbonyl (C=O) groups excluding carboxylic acids is 3. The Kier molecular flexibility index (Phi) is 4.76. The van der Waals surface area contributed by atoms with Gasteiger partial charge >= 0.3 is 0 Å². The second-order valence-electron chi connectivity index (χ2n) is 4.14. The van der Waals surface area contributed by atoms with E-state index in [0.717, 1.165) is 0 Å². The lowest BCUT2D eigenvalue weighted by atomic mass is 9.70. The van der Waals surface area contributed by atoms with Gasteiger partial charge < -0.3 is 10.2 Å². The predicted octanol–water partition coefficient (Wildman–Crippen LogP) is -0.515. The summed E-state index contributed by atoms with van der Waals surface area (Å²) < 4.78 is 0. The fourth-order valence-electron chi connectivity index (χ4n) is 2.15. The zero-order valence-corrected chi connectivity index (χ0v) is 9.02. The largest absolute Gasteiger partial charge is 0.394 e. The maximum Gasteiger partial charge on any atom is 0.140 e. The first-order valence-electron chi connectivity index (χ1n) is 5.37. The highest BCUT2D eigenvalue weighted by Crippen LogP contribution is 2.33. The van der Waals surface area contributed by atoms with Crippen molar-refractivity contribution in [1.82, 2.24) is 0 Å². The van der Waals surface area contributed by atoms with Crippen molar-refractivity contribution < 1.29 is 24.6 Å². The van der Waals surface area contributed by atoms with Crippen molar-refractivity contribution in [1.29, 1.82) is 0 Å². The number of fused-ring (bicyclic) bond motifs is 2. The standard InChI is InChI=1S/C9H10O3.C2H6O2/c10-7-1-5-2-8(11)4-6(3-7)9(5)12;3-1-2-4/h5-6H,1-4H2;3-4H,1-2H2. The van der Waals surface area contributed by atoms with Crippen LogP contribution in [0.3, 0.4) is 0 Å². The van der Waals surface area contributed by atoms with E-state index in [0.29, 0.717) is 25.7 Å². The number of aliphatic hydroxyl groups is 2. The Bertz CT molecular complexity index is 253. The van der Waals surface area contributed by atoms with E-state index in [2.05, 4.69) is 0 Å². The van der Waals surface area contributed by atoms with Crippen LogP contribution >= 0.6 is 0 Å². The van der Waals surface area contributed by atoms with Crippen LogP contribution in [0.25, 0.3) is 0 Å². The second-order valence-corrected chi connectivity index (χ2v) is 4.14. The molecular weight excluding hydrogens is 212 g/mol. The number of rotatable bonds is 1. The number of carbonyl (C=O) groups is 3. The lowest BCUT2D eigenvalue weighted by Crippen LogP contribution is -2.40. The van der Waals surface area contributed by atoms with Gasteiger partial charge in [0, 0.05) is 37.5 Å². The van der Waals surface area contributed by atoms with Crippen molar-refractivity contribution in [2.75, 3.05) is 13.2 Å². The van der Waals surface area contributed by atoms with Crippen molar-refractivity contribution in [2.24, 2.45) is 11.8 Å². The first-order valence-corrected chi connectivity index (χ1v) is 5.37. The molecule has 2 aliphatic rings. The minimum Gasteiger partial charge on any atom is -0.394 e. The summed E-state index contributed by atoms with van der Waals surface area (Å²) in [4.78, 5) is 33.5. The molecule has 0 heterocycles. The highest BCUT2D eigenvalue weighted by atomic mass is 16.3. The molecule has 2 saturated carbocycles. The Labute approximate surface area is 93.5 Å². The third kappa shape index (κ3) is 3.21. The van der Waals surface area contributed by atoms with Crippen molar-refractivity contribution in [2.45, 2.75) is 25.7 Å². The summed E-state index contributed by atoms with van der Waals surface area (Å²) in [6, 6.07) is 0. The average Bonchev–Trinajstić information content (AvgIpc) is 2.22. The molecule has 0 radical (unpaired) electrons. The molecule has 0 spiro atoms. The first-order chi connectivity index (χ1) is 7.58. The molecule has 0 aromatic heterocycles. The first kappa shape index (κ1) is 13.0. The molecule has 2 aliphatic carbocycles. The molecule has 2 rings (SSSR count). The number of hydrogen-bond acceptors (Lipinski definition) is 5. The van der Waals surface area contributed by atoms with Gasteiger partial charge in [-0.3, -0.25) is 14.4 Å². The molecule has 0 aromatic carbocycles. The summed E-state index contributed by atoms with van der Waals surface area (Å²) in [5.74, 6) is -0.0848. The Hall–Kier alpha value is -1.07. The van der Waals surface area contributed by atoms with E-state index in [1.54, 1.807) is 0 Å². The topological polar surface area (TPSA) is 91.7 Å². The number of ketones is 3. The van der Waals surface area contributed by atoms with Crippen molar-refractivity contribution in [3.8, 4) is 0 Å². The minimum absolute atomic E-state index is 0.125. The Morgan fingerprint density at radius 1 is 0.812 bits per heavy atom. The highest BCUT2D eigenvalue weighted by molar-refractivity contribution is 6.03. The van der Waals surface area contributed by atoms with Gasteiger partial charge in [0.2, 0.25) is 0 Å². The van der Waals surface area contributed by atoms with E-state index >= 15 is 0 Å². The molecule has 0 aliphatic heterocycles. The van der Waals surface area contributed by atoms with Crippen molar-refractivity contribution in [3.05, 3.63) is 0 Å². The third-order valence-corrected chi connectivity index (χ3v) is 2.80. The number of hydrogen-bond donors (Lipinski definition) is 2. The molecule has 0 atom stereocenters. The van der Waals surface area contributed by atoms with Crippen LogP contribution in [0, 0.1) is 11.8 Å². The Morgan fingerprint density at radius 2 is 1.12 bits per heavy atom. The van der Waals surface area contributed by atoms with Gasteiger partial charge in [-0.25, -0.2) is 0 Å². The maximum absolute atomic E-state index is 11.4. The van der Waals surface area contributed by atoms with E-state index in [-0.39, 0.29) is 42.4 Å². The summed E-state index contributed by atoms with van der Waals surface area (Å²) in [5, 5.41) is 15.2. The lowest BCUT2D eigenvalue weighted by Gasteiger charge is -2.30. The molecule has 90 valence electrons. The van der Waals surface area contributed by atoms with Gasteiger partial charge in [0.15, 0.2) is 0 Å². The molecule has 0 amide bonds. The fourth-order valence-corrected chi connectivity index (χ4v) is 2.15. The smallest absolute Gasteiger partial charge is 0.140 e. The number of aliphatic hydroxyl groups excluding tert-OH is 2. The van der Waals surface area contributed by atoms with E-state index < -0.39 is 0 Å². The molecule has 0 unspecified atom stereocenters. The molecule has 2 fully saturated rings. The highest BCUT2D eigenvalue weighted by Gasteiger charge is 2.41. The minimum atomic E-state index is -0.266. The van der Waals surface area contributed by atoms with Crippen LogP contribution in [0.15, 0.2) is 0 Å². The second kappa shape index (κ2) is 5.86. The third-order valence-electron chi connectivity index (χ3n) is 2.80. The van der Waals surface area contributed by atoms with E-state index in [1.807, 2.05) is 0 Å². The average molecular weight is 228 g/mol. The Balaban J connectivity index is 0.000000280. The summed E-state index contributed by atoms with van der Waals surface area (Å²) in [6.07, 6.45) is 1.23. The van der Waals surface area contributed by atoms with Gasteiger partial charge in [-0.15, -0.1) is 0 Å². The number of Topliss-reactive ketones (excluding diaryl/α,β-unsaturated/α-hetero) is 3. The molecule has 2 N–H and O–H groups in total. The SMILES string of the molecule is O=C1CC2CC(=O)CC(C1)C2=O.OCCO. The fraction of sp³-hybridized carbons (Fsp3) is 0.727.